The topological polar surface area (TPSA) is 103 Å². The summed E-state index contributed by atoms with van der Waals surface area (Å²) in [5.74, 6) is -0.655. The van der Waals surface area contributed by atoms with Gasteiger partial charge in [0.2, 0.25) is 5.91 Å². The van der Waals surface area contributed by atoms with Crippen molar-refractivity contribution in [2.24, 2.45) is 0 Å². The molecule has 1 heterocycles. The van der Waals surface area contributed by atoms with E-state index in [2.05, 4.69) is 15.5 Å². The number of nitrogens with zero attached hydrogens (tertiary/aromatic N) is 4. The fourth-order valence-corrected chi connectivity index (χ4v) is 3.36. The van der Waals surface area contributed by atoms with Crippen LogP contribution in [-0.4, -0.2) is 31.3 Å². The second kappa shape index (κ2) is 8.17. The lowest BCUT2D eigenvalue weighted by Gasteiger charge is -2.11. The van der Waals surface area contributed by atoms with Gasteiger partial charge in [0.25, 0.3) is 5.69 Å². The maximum atomic E-state index is 13.8. The number of amides is 1. The molecule has 0 aliphatic carbocycles. The number of nitro benzene ring substituents is 1. The van der Waals surface area contributed by atoms with Crippen molar-refractivity contribution < 1.29 is 14.1 Å². The summed E-state index contributed by atoms with van der Waals surface area (Å²) in [4.78, 5) is 22.4. The molecule has 8 nitrogen and oxygen atoms in total. The van der Waals surface area contributed by atoms with Crippen LogP contribution in [0.1, 0.15) is 11.4 Å². The number of hydrogen-bond donors (Lipinski definition) is 1. The van der Waals surface area contributed by atoms with Crippen LogP contribution in [0.15, 0.2) is 47.6 Å². The van der Waals surface area contributed by atoms with E-state index in [9.17, 15) is 19.3 Å². The molecule has 0 saturated heterocycles. The molecule has 0 radical (unpaired) electrons. The number of non-ortho nitro benzene ring substituents is 1. The van der Waals surface area contributed by atoms with E-state index < -0.39 is 16.6 Å². The minimum atomic E-state index is -0.747. The monoisotopic (exact) mass is 401 g/mol. The van der Waals surface area contributed by atoms with Gasteiger partial charge in [-0.3, -0.25) is 19.5 Å². The first-order chi connectivity index (χ1) is 13.4. The highest BCUT2D eigenvalue weighted by molar-refractivity contribution is 7.99. The molecule has 1 aromatic heterocycles. The van der Waals surface area contributed by atoms with Crippen LogP contribution in [0.2, 0.25) is 0 Å². The Morgan fingerprint density at radius 2 is 2.00 bits per heavy atom. The molecule has 144 valence electrons. The molecular formula is C18H16FN5O3S. The number of aromatic nitrogens is 3. The van der Waals surface area contributed by atoms with E-state index in [0.29, 0.717) is 11.0 Å². The second-order valence-corrected chi connectivity index (χ2v) is 6.85. The molecule has 0 unspecified atom stereocenters. The first-order valence-corrected chi connectivity index (χ1v) is 9.20. The van der Waals surface area contributed by atoms with Gasteiger partial charge >= 0.3 is 0 Å². The third kappa shape index (κ3) is 4.17. The zero-order valence-corrected chi connectivity index (χ0v) is 15.9. The van der Waals surface area contributed by atoms with Crippen molar-refractivity contribution in [1.29, 1.82) is 0 Å². The summed E-state index contributed by atoms with van der Waals surface area (Å²) in [6.45, 7) is 3.77. The number of rotatable bonds is 6. The molecule has 0 bridgehead atoms. The number of halogens is 1. The van der Waals surface area contributed by atoms with Gasteiger partial charge in [-0.25, -0.2) is 4.39 Å². The molecule has 10 heteroatoms. The Bertz CT molecular complexity index is 1050. The Kier molecular flexibility index (Phi) is 5.69. The Labute approximate surface area is 163 Å². The molecule has 0 aliphatic rings. The number of carbonyl (C=O) groups is 1. The Balaban J connectivity index is 1.74. The van der Waals surface area contributed by atoms with E-state index in [1.807, 2.05) is 42.7 Å². The highest BCUT2D eigenvalue weighted by atomic mass is 32.2. The van der Waals surface area contributed by atoms with E-state index in [4.69, 9.17) is 0 Å². The van der Waals surface area contributed by atoms with E-state index in [-0.39, 0.29) is 17.1 Å². The number of para-hydroxylation sites is 1. The lowest BCUT2D eigenvalue weighted by Crippen LogP contribution is -2.16. The number of anilines is 1. The predicted octanol–water partition coefficient (Wildman–Crippen LogP) is 3.66. The first-order valence-electron chi connectivity index (χ1n) is 8.21. The summed E-state index contributed by atoms with van der Waals surface area (Å²) < 4.78 is 15.7. The van der Waals surface area contributed by atoms with Crippen molar-refractivity contribution >= 4 is 29.0 Å². The highest BCUT2D eigenvalue weighted by Crippen LogP contribution is 2.25. The van der Waals surface area contributed by atoms with Gasteiger partial charge in [0.05, 0.1) is 22.1 Å². The number of benzene rings is 2. The third-order valence-corrected chi connectivity index (χ3v) is 4.85. The van der Waals surface area contributed by atoms with Crippen LogP contribution >= 0.6 is 11.8 Å². The molecule has 0 spiro atoms. The van der Waals surface area contributed by atoms with E-state index in [1.54, 1.807) is 0 Å². The predicted molar refractivity (Wildman–Crippen MR) is 103 cm³/mol. The Morgan fingerprint density at radius 3 is 2.71 bits per heavy atom. The van der Waals surface area contributed by atoms with Crippen molar-refractivity contribution in [2.45, 2.75) is 19.0 Å². The lowest BCUT2D eigenvalue weighted by atomic mass is 10.2. The van der Waals surface area contributed by atoms with Gasteiger partial charge in [0.15, 0.2) is 5.16 Å². The van der Waals surface area contributed by atoms with Crippen molar-refractivity contribution in [3.05, 3.63) is 69.8 Å². The molecule has 0 fully saturated rings. The molecule has 1 N–H and O–H groups in total. The second-order valence-electron chi connectivity index (χ2n) is 5.91. The van der Waals surface area contributed by atoms with Crippen LogP contribution in [0.3, 0.4) is 0 Å². The van der Waals surface area contributed by atoms with Gasteiger partial charge in [-0.05, 0) is 31.5 Å². The maximum absolute atomic E-state index is 13.8. The summed E-state index contributed by atoms with van der Waals surface area (Å²) in [6, 6.07) is 10.7. The number of aryl methyl sites for hydroxylation is 2. The summed E-state index contributed by atoms with van der Waals surface area (Å²) in [7, 11) is 0. The van der Waals surface area contributed by atoms with Crippen LogP contribution in [0.25, 0.3) is 5.69 Å². The molecule has 3 aromatic rings. The Hall–Kier alpha value is -3.27. The molecule has 2 aromatic carbocycles. The average Bonchev–Trinajstić information content (AvgIpc) is 3.02. The minimum absolute atomic E-state index is 0.0633. The molecule has 0 aliphatic heterocycles. The highest BCUT2D eigenvalue weighted by Gasteiger charge is 2.16. The van der Waals surface area contributed by atoms with Crippen LogP contribution in [0.4, 0.5) is 15.8 Å². The Morgan fingerprint density at radius 1 is 1.25 bits per heavy atom. The van der Waals surface area contributed by atoms with E-state index in [1.165, 1.54) is 0 Å². The lowest BCUT2D eigenvalue weighted by molar-refractivity contribution is -0.384. The summed E-state index contributed by atoms with van der Waals surface area (Å²) in [5, 5.41) is 21.8. The SMILES string of the molecule is Cc1ccccc1-n1c(C)nnc1SCC(=O)Nc1cc([N+](=O)[O-])ccc1F. The summed E-state index contributed by atoms with van der Waals surface area (Å²) in [5.41, 5.74) is 1.38. The van der Waals surface area contributed by atoms with Crippen molar-refractivity contribution in [2.75, 3.05) is 11.1 Å². The standard InChI is InChI=1S/C18H16FN5O3S/c1-11-5-3-4-6-16(11)23-12(2)21-22-18(23)28-10-17(25)20-15-9-13(24(26)27)7-8-14(15)19/h3-9H,10H2,1-2H3,(H,20,25). The fraction of sp³-hybridized carbons (Fsp3) is 0.167. The fourth-order valence-electron chi connectivity index (χ4n) is 2.57. The minimum Gasteiger partial charge on any atom is -0.323 e. The van der Waals surface area contributed by atoms with Gasteiger partial charge in [0, 0.05) is 12.1 Å². The van der Waals surface area contributed by atoms with Crippen molar-refractivity contribution in [3.8, 4) is 5.69 Å². The van der Waals surface area contributed by atoms with Crippen LogP contribution in [0, 0.1) is 29.8 Å². The van der Waals surface area contributed by atoms with Gasteiger partial charge in [-0.15, -0.1) is 10.2 Å². The van der Waals surface area contributed by atoms with E-state index >= 15 is 0 Å². The smallest absolute Gasteiger partial charge is 0.271 e. The molecule has 0 saturated carbocycles. The first kappa shape index (κ1) is 19.5. The summed E-state index contributed by atoms with van der Waals surface area (Å²) >= 11 is 1.14. The van der Waals surface area contributed by atoms with Crippen LogP contribution < -0.4 is 5.32 Å². The molecule has 3 rings (SSSR count). The quantitative estimate of drug-likeness (QED) is 0.384. The largest absolute Gasteiger partial charge is 0.323 e. The van der Waals surface area contributed by atoms with Gasteiger partial charge in [-0.1, -0.05) is 30.0 Å². The van der Waals surface area contributed by atoms with Gasteiger partial charge in [0.1, 0.15) is 11.6 Å². The van der Waals surface area contributed by atoms with Crippen LogP contribution in [-0.2, 0) is 4.79 Å². The van der Waals surface area contributed by atoms with Gasteiger partial charge in [-0.2, -0.15) is 0 Å². The number of nitrogens with one attached hydrogen (secondary N) is 1. The van der Waals surface area contributed by atoms with Crippen LogP contribution in [0.5, 0.6) is 0 Å². The molecule has 28 heavy (non-hydrogen) atoms. The number of thioether (sulfide) groups is 1. The third-order valence-electron chi connectivity index (χ3n) is 3.92. The summed E-state index contributed by atoms with van der Waals surface area (Å²) in [6.07, 6.45) is 0. The number of nitro groups is 1. The maximum Gasteiger partial charge on any atom is 0.271 e. The zero-order chi connectivity index (χ0) is 20.3. The molecule has 1 amide bonds. The normalized spacial score (nSPS) is 10.7. The van der Waals surface area contributed by atoms with E-state index in [0.717, 1.165) is 41.2 Å². The number of carbonyl (C=O) groups excluding carboxylic acids is 1. The zero-order valence-electron chi connectivity index (χ0n) is 15.0. The number of hydrogen-bond acceptors (Lipinski definition) is 6. The van der Waals surface area contributed by atoms with Gasteiger partial charge < -0.3 is 5.32 Å². The molecular weight excluding hydrogens is 385 g/mol. The average molecular weight is 401 g/mol. The van der Waals surface area contributed by atoms with Crippen molar-refractivity contribution in [1.82, 2.24) is 14.8 Å². The van der Waals surface area contributed by atoms with Crippen molar-refractivity contribution in [3.63, 3.8) is 0 Å². The molecule has 0 atom stereocenters.